The number of fused-ring (bicyclic) bond motifs is 1. The lowest BCUT2D eigenvalue weighted by atomic mass is 10.0. The number of para-hydroxylation sites is 1. The van der Waals surface area contributed by atoms with Gasteiger partial charge < -0.3 is 46.0 Å². The van der Waals surface area contributed by atoms with Crippen LogP contribution in [0.4, 0.5) is 28.7 Å². The molecule has 23 nitrogen and oxygen atoms in total. The number of methoxy groups -OCH3 is 1. The van der Waals surface area contributed by atoms with E-state index in [2.05, 4.69) is 75.7 Å². The lowest BCUT2D eigenvalue weighted by Crippen LogP contribution is -2.52. The first-order valence-corrected chi connectivity index (χ1v) is 28.1. The number of aromatic nitrogens is 6. The maximum atomic E-state index is 12.8. The molecule has 0 saturated carbocycles. The first kappa shape index (κ1) is 57.6. The summed E-state index contributed by atoms with van der Waals surface area (Å²) < 4.78 is 7.24. The summed E-state index contributed by atoms with van der Waals surface area (Å²) in [5.74, 6) is 0.364. The Morgan fingerprint density at radius 1 is 0.850 bits per heavy atom. The van der Waals surface area contributed by atoms with Crippen molar-refractivity contribution in [1.29, 1.82) is 0 Å². The first-order chi connectivity index (χ1) is 38.6. The Labute approximate surface area is 470 Å². The third-order valence-corrected chi connectivity index (χ3v) is 16.5. The fourth-order valence-corrected chi connectivity index (χ4v) is 11.2. The van der Waals surface area contributed by atoms with Crippen molar-refractivity contribution in [3.63, 3.8) is 0 Å². The monoisotopic (exact) mass is 1130 g/mol. The van der Waals surface area contributed by atoms with Crippen molar-refractivity contribution in [3.05, 3.63) is 120 Å². The fraction of sp³-hybridized carbons (Fsp3) is 0.345. The van der Waals surface area contributed by atoms with Gasteiger partial charge in [0.1, 0.15) is 29.0 Å². The Morgan fingerprint density at radius 3 is 2.33 bits per heavy atom. The number of piperidine rings is 1. The van der Waals surface area contributed by atoms with Gasteiger partial charge in [0, 0.05) is 119 Å². The summed E-state index contributed by atoms with van der Waals surface area (Å²) in [6.07, 6.45) is 9.48. The summed E-state index contributed by atoms with van der Waals surface area (Å²) in [5.41, 5.74) is 4.93. The number of anilines is 5. The van der Waals surface area contributed by atoms with E-state index in [9.17, 15) is 33.6 Å². The quantitative estimate of drug-likeness (QED) is 0.0225. The fourth-order valence-electron chi connectivity index (χ4n) is 8.97. The second-order valence-corrected chi connectivity index (χ2v) is 22.2. The number of imide groups is 1. The normalized spacial score (nSPS) is 15.0. The molecule has 0 bridgehead atoms. The van der Waals surface area contributed by atoms with E-state index < -0.39 is 11.9 Å². The Bertz CT molecular complexity index is 3210. The third-order valence-electron chi connectivity index (χ3n) is 13.3. The molecule has 3 aliphatic rings. The van der Waals surface area contributed by atoms with Crippen molar-refractivity contribution in [3.8, 4) is 17.1 Å². The van der Waals surface area contributed by atoms with E-state index in [0.29, 0.717) is 122 Å². The average Bonchev–Trinajstić information content (AvgIpc) is 4.10. The summed E-state index contributed by atoms with van der Waals surface area (Å²) in [5, 5.41) is 22.5. The highest BCUT2D eigenvalue weighted by molar-refractivity contribution is 8.77. The maximum absolute atomic E-state index is 12.8. The van der Waals surface area contributed by atoms with Gasteiger partial charge in [0.15, 0.2) is 11.6 Å². The zero-order chi connectivity index (χ0) is 56.8. The SMILES string of the molecule is CNC(=O)c1cnc(Nc2ccc(C(=O)NCCCNC(=O)CCC(C)(C)SSc3ccccn3)cn2)cc1Nc1cccc(-c2ncn(C)n2)c1OC.O=CN1CCN(c2cccc3c2CN(C2CCC(=O)NC2=O)C3=O)CC1. The number of ether oxygens (including phenoxy) is 1. The van der Waals surface area contributed by atoms with Gasteiger partial charge in [0.05, 0.1) is 35.2 Å². The molecular formula is C55H63N15O8S2. The minimum Gasteiger partial charge on any atom is -0.494 e. The molecule has 9 rings (SSSR count). The lowest BCUT2D eigenvalue weighted by molar-refractivity contribution is -0.137. The van der Waals surface area contributed by atoms with Crippen molar-refractivity contribution < 1.29 is 38.3 Å². The van der Waals surface area contributed by atoms with Gasteiger partial charge in [-0.2, -0.15) is 5.10 Å². The highest BCUT2D eigenvalue weighted by Gasteiger charge is 2.40. The number of nitrogens with zero attached hydrogens (tertiary/aromatic N) is 9. The number of carbonyl (C=O) groups is 7. The van der Waals surface area contributed by atoms with Gasteiger partial charge in [0.2, 0.25) is 24.1 Å². The molecule has 0 radical (unpaired) electrons. The number of rotatable bonds is 21. The largest absolute Gasteiger partial charge is 0.494 e. The lowest BCUT2D eigenvalue weighted by Gasteiger charge is -2.35. The van der Waals surface area contributed by atoms with E-state index in [-0.39, 0.29) is 40.7 Å². The predicted octanol–water partition coefficient (Wildman–Crippen LogP) is 5.48. The topological polar surface area (TPSA) is 280 Å². The van der Waals surface area contributed by atoms with Crippen LogP contribution in [0.2, 0.25) is 0 Å². The summed E-state index contributed by atoms with van der Waals surface area (Å²) in [4.78, 5) is 108. The van der Waals surface area contributed by atoms with Crippen LogP contribution < -0.4 is 41.5 Å². The molecule has 4 aromatic heterocycles. The van der Waals surface area contributed by atoms with Gasteiger partial charge in [-0.1, -0.05) is 29.0 Å². The van der Waals surface area contributed by atoms with Crippen molar-refractivity contribution in [2.75, 3.05) is 69.0 Å². The molecule has 2 fully saturated rings. The van der Waals surface area contributed by atoms with Gasteiger partial charge in [-0.05, 0) is 92.4 Å². The van der Waals surface area contributed by atoms with Crippen LogP contribution in [0.25, 0.3) is 11.4 Å². The van der Waals surface area contributed by atoms with E-state index in [1.807, 2.05) is 48.5 Å². The molecule has 0 spiro atoms. The predicted molar refractivity (Wildman–Crippen MR) is 305 cm³/mol. The average molecular weight is 1130 g/mol. The van der Waals surface area contributed by atoms with Gasteiger partial charge in [-0.15, -0.1) is 0 Å². The summed E-state index contributed by atoms with van der Waals surface area (Å²) in [6.45, 7) is 8.17. The number of carbonyl (C=O) groups excluding carboxylic acids is 7. The smallest absolute Gasteiger partial charge is 0.255 e. The Morgan fingerprint density at radius 2 is 1.62 bits per heavy atom. The number of amides is 7. The van der Waals surface area contributed by atoms with Gasteiger partial charge in [0.25, 0.3) is 17.7 Å². The third kappa shape index (κ3) is 14.8. The Hall–Kier alpha value is -8.58. The maximum Gasteiger partial charge on any atom is 0.255 e. The molecule has 6 N–H and O–H groups in total. The van der Waals surface area contributed by atoms with E-state index in [1.54, 1.807) is 94.1 Å². The standard InChI is InChI=1S/C37H43N11O4S2.C18H20N4O4/c1-37(2,54-53-32-12-6-7-17-40-32)16-15-31(49)39-18-9-19-41-35(50)24-13-14-29(42-21-24)46-30-20-28(26(22-43-30)36(51)38-3)45-27-11-8-10-25(33(27)52-5)34-44-23-48(4)47-34;23-11-20-6-8-21(9-7-20)14-3-1-2-12-13(14)10-22(18(12)26)15-4-5-16(24)19-17(15)25/h6-8,10-14,17,20-23H,9,15-16,18-19H2,1-5H3,(H,38,51)(H,39,49)(H,41,50)(H2,42,43,45,46);1-3,11,15H,4-10H2,(H,19,24,25). The van der Waals surface area contributed by atoms with Crippen molar-refractivity contribution in [1.82, 2.24) is 60.8 Å². The first-order valence-electron chi connectivity index (χ1n) is 25.9. The molecule has 6 aromatic rings. The van der Waals surface area contributed by atoms with Crippen LogP contribution in [0, 0.1) is 0 Å². The molecule has 25 heteroatoms. The molecule has 7 amide bonds. The van der Waals surface area contributed by atoms with E-state index >= 15 is 0 Å². The number of hydrogen-bond donors (Lipinski definition) is 6. The van der Waals surface area contributed by atoms with Gasteiger partial charge in [-0.25, -0.2) is 19.9 Å². The Balaban J connectivity index is 0.000000268. The second-order valence-electron chi connectivity index (χ2n) is 19.4. The number of pyridine rings is 3. The zero-order valence-electron chi connectivity index (χ0n) is 45.0. The highest BCUT2D eigenvalue weighted by atomic mass is 33.1. The van der Waals surface area contributed by atoms with Crippen LogP contribution in [-0.4, -0.2) is 146 Å². The minimum atomic E-state index is -0.604. The van der Waals surface area contributed by atoms with Crippen LogP contribution in [0.5, 0.6) is 5.75 Å². The number of nitrogens with one attached hydrogen (secondary N) is 6. The molecule has 7 heterocycles. The summed E-state index contributed by atoms with van der Waals surface area (Å²) in [7, 11) is 8.19. The van der Waals surface area contributed by atoms with Crippen LogP contribution in [-0.2, 0) is 32.8 Å². The molecule has 2 aromatic carbocycles. The molecule has 2 saturated heterocycles. The second kappa shape index (κ2) is 26.9. The number of aryl methyl sites for hydroxylation is 1. The minimum absolute atomic E-state index is 0.0159. The van der Waals surface area contributed by atoms with Crippen LogP contribution in [0.1, 0.15) is 82.6 Å². The summed E-state index contributed by atoms with van der Waals surface area (Å²) in [6, 6.07) is 21.3. The van der Waals surface area contributed by atoms with Crippen molar-refractivity contribution in [2.24, 2.45) is 7.05 Å². The van der Waals surface area contributed by atoms with Crippen LogP contribution in [0.3, 0.4) is 0 Å². The van der Waals surface area contributed by atoms with E-state index in [0.717, 1.165) is 29.1 Å². The van der Waals surface area contributed by atoms with Crippen LogP contribution in [0.15, 0.2) is 103 Å². The summed E-state index contributed by atoms with van der Waals surface area (Å²) >= 11 is 0. The van der Waals surface area contributed by atoms with Gasteiger partial charge >= 0.3 is 0 Å². The van der Waals surface area contributed by atoms with E-state index in [4.69, 9.17) is 4.74 Å². The zero-order valence-corrected chi connectivity index (χ0v) is 46.6. The van der Waals surface area contributed by atoms with Gasteiger partial charge in [-0.3, -0.25) is 43.6 Å². The molecule has 1 unspecified atom stereocenters. The number of benzene rings is 2. The molecule has 1 atom stereocenters. The molecule has 0 aliphatic carbocycles. The molecule has 418 valence electrons. The van der Waals surface area contributed by atoms with Crippen molar-refractivity contribution >= 4 is 92.1 Å². The van der Waals surface area contributed by atoms with Crippen molar-refractivity contribution in [2.45, 2.75) is 68.3 Å². The molecular weight excluding hydrogens is 1060 g/mol. The molecule has 3 aliphatic heterocycles. The molecule has 80 heavy (non-hydrogen) atoms. The Kier molecular flexibility index (Phi) is 19.3. The highest BCUT2D eigenvalue weighted by Crippen LogP contribution is 2.42. The number of hydrogen-bond acceptors (Lipinski definition) is 18. The van der Waals surface area contributed by atoms with E-state index in [1.165, 1.54) is 12.4 Å². The number of piperazine rings is 1. The van der Waals surface area contributed by atoms with Crippen LogP contribution >= 0.6 is 21.6 Å².